The SMILES string of the molecule is CSCCN(C)Cc1cccnc1Cl. The van der Waals surface area contributed by atoms with Gasteiger partial charge in [0.25, 0.3) is 0 Å². The Labute approximate surface area is 94.7 Å². The van der Waals surface area contributed by atoms with Gasteiger partial charge >= 0.3 is 0 Å². The lowest BCUT2D eigenvalue weighted by Crippen LogP contribution is -2.20. The smallest absolute Gasteiger partial charge is 0.133 e. The minimum absolute atomic E-state index is 0.614. The molecule has 0 amide bonds. The van der Waals surface area contributed by atoms with E-state index in [4.69, 9.17) is 11.6 Å². The van der Waals surface area contributed by atoms with Gasteiger partial charge in [0.2, 0.25) is 0 Å². The zero-order chi connectivity index (χ0) is 10.4. The van der Waals surface area contributed by atoms with Crippen molar-refractivity contribution in [2.75, 3.05) is 25.6 Å². The van der Waals surface area contributed by atoms with Gasteiger partial charge in [-0.15, -0.1) is 0 Å². The van der Waals surface area contributed by atoms with Crippen molar-refractivity contribution in [3.63, 3.8) is 0 Å². The van der Waals surface area contributed by atoms with Crippen LogP contribution in [0.4, 0.5) is 0 Å². The Balaban J connectivity index is 2.47. The van der Waals surface area contributed by atoms with E-state index in [0.717, 1.165) is 24.4 Å². The van der Waals surface area contributed by atoms with Gasteiger partial charge < -0.3 is 4.90 Å². The monoisotopic (exact) mass is 230 g/mol. The summed E-state index contributed by atoms with van der Waals surface area (Å²) in [6, 6.07) is 3.94. The molecule has 0 spiro atoms. The van der Waals surface area contributed by atoms with Gasteiger partial charge in [-0.25, -0.2) is 4.98 Å². The molecule has 1 aromatic rings. The summed E-state index contributed by atoms with van der Waals surface area (Å²) in [6.45, 7) is 1.94. The van der Waals surface area contributed by atoms with Crippen molar-refractivity contribution < 1.29 is 0 Å². The van der Waals surface area contributed by atoms with Crippen LogP contribution in [-0.2, 0) is 6.54 Å². The van der Waals surface area contributed by atoms with Crippen LogP contribution in [0.1, 0.15) is 5.56 Å². The van der Waals surface area contributed by atoms with E-state index in [0.29, 0.717) is 5.15 Å². The molecule has 0 bridgehead atoms. The summed E-state index contributed by atoms with van der Waals surface area (Å²) >= 11 is 7.81. The normalized spacial score (nSPS) is 10.9. The lowest BCUT2D eigenvalue weighted by molar-refractivity contribution is 0.348. The molecule has 0 aromatic carbocycles. The van der Waals surface area contributed by atoms with Crippen molar-refractivity contribution in [3.8, 4) is 0 Å². The molecule has 0 aliphatic heterocycles. The van der Waals surface area contributed by atoms with E-state index < -0.39 is 0 Å². The van der Waals surface area contributed by atoms with Crippen molar-refractivity contribution >= 4 is 23.4 Å². The van der Waals surface area contributed by atoms with Gasteiger partial charge in [0.1, 0.15) is 5.15 Å². The van der Waals surface area contributed by atoms with Crippen molar-refractivity contribution in [1.82, 2.24) is 9.88 Å². The molecule has 2 nitrogen and oxygen atoms in total. The molecule has 0 N–H and O–H groups in total. The third-order valence-electron chi connectivity index (χ3n) is 1.95. The molecule has 0 atom stereocenters. The Morgan fingerprint density at radius 3 is 3.00 bits per heavy atom. The van der Waals surface area contributed by atoms with Crippen LogP contribution >= 0.6 is 23.4 Å². The molecule has 0 unspecified atom stereocenters. The molecular weight excluding hydrogens is 216 g/mol. The minimum Gasteiger partial charge on any atom is -0.301 e. The fourth-order valence-electron chi connectivity index (χ4n) is 1.15. The Kier molecular flexibility index (Phi) is 5.30. The largest absolute Gasteiger partial charge is 0.301 e. The third kappa shape index (κ3) is 3.86. The first-order chi connectivity index (χ1) is 6.74. The Morgan fingerprint density at radius 2 is 2.36 bits per heavy atom. The first-order valence-corrected chi connectivity index (χ1v) is 6.28. The Morgan fingerprint density at radius 1 is 1.57 bits per heavy atom. The van der Waals surface area contributed by atoms with Crippen molar-refractivity contribution in [1.29, 1.82) is 0 Å². The van der Waals surface area contributed by atoms with Crippen LogP contribution in [0.2, 0.25) is 5.15 Å². The highest BCUT2D eigenvalue weighted by molar-refractivity contribution is 7.98. The summed E-state index contributed by atoms with van der Waals surface area (Å²) in [4.78, 5) is 6.30. The van der Waals surface area contributed by atoms with E-state index in [2.05, 4.69) is 23.2 Å². The van der Waals surface area contributed by atoms with Crippen LogP contribution in [0.15, 0.2) is 18.3 Å². The predicted molar refractivity (Wildman–Crippen MR) is 64.0 cm³/mol. The Hall–Kier alpha value is -0.250. The molecule has 14 heavy (non-hydrogen) atoms. The molecule has 0 aliphatic rings. The van der Waals surface area contributed by atoms with Gasteiger partial charge in [-0.1, -0.05) is 17.7 Å². The summed E-state index contributed by atoms with van der Waals surface area (Å²) in [5.74, 6) is 1.15. The van der Waals surface area contributed by atoms with Crippen LogP contribution < -0.4 is 0 Å². The predicted octanol–water partition coefficient (Wildman–Crippen LogP) is 2.53. The van der Waals surface area contributed by atoms with Crippen LogP contribution in [0.5, 0.6) is 0 Å². The summed E-state index contributed by atoms with van der Waals surface area (Å²) in [5, 5.41) is 0.614. The maximum atomic E-state index is 5.96. The average molecular weight is 231 g/mol. The molecule has 1 rings (SSSR count). The third-order valence-corrected chi connectivity index (χ3v) is 2.88. The van der Waals surface area contributed by atoms with Gasteiger partial charge in [0, 0.05) is 30.6 Å². The molecular formula is C10H15ClN2S. The van der Waals surface area contributed by atoms with E-state index in [1.54, 1.807) is 6.20 Å². The average Bonchev–Trinajstić information content (AvgIpc) is 2.18. The van der Waals surface area contributed by atoms with Crippen molar-refractivity contribution in [2.45, 2.75) is 6.54 Å². The number of hydrogen-bond donors (Lipinski definition) is 0. The first-order valence-electron chi connectivity index (χ1n) is 4.51. The highest BCUT2D eigenvalue weighted by atomic mass is 35.5. The lowest BCUT2D eigenvalue weighted by Gasteiger charge is -2.16. The number of halogens is 1. The van der Waals surface area contributed by atoms with Crippen LogP contribution in [0.25, 0.3) is 0 Å². The number of rotatable bonds is 5. The van der Waals surface area contributed by atoms with E-state index in [1.165, 1.54) is 0 Å². The standard InChI is InChI=1S/C10H15ClN2S/c1-13(6-7-14-2)8-9-4-3-5-12-10(9)11/h3-5H,6-8H2,1-2H3. The zero-order valence-corrected chi connectivity index (χ0v) is 10.1. The molecule has 1 heterocycles. The van der Waals surface area contributed by atoms with Gasteiger partial charge in [-0.05, 0) is 19.4 Å². The summed E-state index contributed by atoms with van der Waals surface area (Å²) in [5.41, 5.74) is 1.10. The van der Waals surface area contributed by atoms with E-state index in [9.17, 15) is 0 Å². The quantitative estimate of drug-likeness (QED) is 0.724. The number of thioether (sulfide) groups is 1. The Bertz CT molecular complexity index is 281. The minimum atomic E-state index is 0.614. The molecule has 0 fully saturated rings. The van der Waals surface area contributed by atoms with Gasteiger partial charge in [-0.3, -0.25) is 0 Å². The molecule has 4 heteroatoms. The second-order valence-corrected chi connectivity index (χ2v) is 4.53. The summed E-state index contributed by atoms with van der Waals surface area (Å²) in [6.07, 6.45) is 3.83. The lowest BCUT2D eigenvalue weighted by atomic mass is 10.3. The molecule has 0 aliphatic carbocycles. The van der Waals surface area contributed by atoms with Crippen LogP contribution in [0.3, 0.4) is 0 Å². The molecule has 0 saturated carbocycles. The molecule has 78 valence electrons. The second kappa shape index (κ2) is 6.27. The fraction of sp³-hybridized carbons (Fsp3) is 0.500. The highest BCUT2D eigenvalue weighted by Gasteiger charge is 2.03. The maximum Gasteiger partial charge on any atom is 0.133 e. The van der Waals surface area contributed by atoms with Crippen molar-refractivity contribution in [2.24, 2.45) is 0 Å². The zero-order valence-electron chi connectivity index (χ0n) is 8.53. The number of aromatic nitrogens is 1. The number of pyridine rings is 1. The van der Waals surface area contributed by atoms with E-state index in [1.807, 2.05) is 23.9 Å². The molecule has 0 saturated heterocycles. The van der Waals surface area contributed by atoms with Gasteiger partial charge in [0.15, 0.2) is 0 Å². The summed E-state index contributed by atoms with van der Waals surface area (Å²) in [7, 11) is 2.10. The number of hydrogen-bond acceptors (Lipinski definition) is 3. The first kappa shape index (κ1) is 11.8. The summed E-state index contributed by atoms with van der Waals surface area (Å²) < 4.78 is 0. The maximum absolute atomic E-state index is 5.96. The topological polar surface area (TPSA) is 16.1 Å². The van der Waals surface area contributed by atoms with Gasteiger partial charge in [0.05, 0.1) is 0 Å². The molecule has 1 aromatic heterocycles. The molecule has 0 radical (unpaired) electrons. The highest BCUT2D eigenvalue weighted by Crippen LogP contribution is 2.13. The number of nitrogens with zero attached hydrogens (tertiary/aromatic N) is 2. The van der Waals surface area contributed by atoms with Crippen LogP contribution in [-0.4, -0.2) is 35.5 Å². The van der Waals surface area contributed by atoms with E-state index in [-0.39, 0.29) is 0 Å². The van der Waals surface area contributed by atoms with Gasteiger partial charge in [-0.2, -0.15) is 11.8 Å². The van der Waals surface area contributed by atoms with Crippen molar-refractivity contribution in [3.05, 3.63) is 29.0 Å². The van der Waals surface area contributed by atoms with E-state index >= 15 is 0 Å². The second-order valence-electron chi connectivity index (χ2n) is 3.18. The van der Waals surface area contributed by atoms with Crippen LogP contribution in [0, 0.1) is 0 Å². The fourth-order valence-corrected chi connectivity index (χ4v) is 1.83.